The molecule has 1 aromatic heterocycles. The fourth-order valence-electron chi connectivity index (χ4n) is 1.48. The first kappa shape index (κ1) is 13.8. The summed E-state index contributed by atoms with van der Waals surface area (Å²) in [4.78, 5) is 15.6. The Balaban J connectivity index is 1.95. The van der Waals surface area contributed by atoms with Crippen LogP contribution in [0.4, 0.5) is 5.13 Å². The average Bonchev–Trinajstić information content (AvgIpc) is 2.86. The van der Waals surface area contributed by atoms with E-state index >= 15 is 0 Å². The Morgan fingerprint density at radius 1 is 1.53 bits per heavy atom. The normalized spacial score (nSPS) is 10.2. The number of benzene rings is 1. The third-order valence-corrected chi connectivity index (χ3v) is 3.36. The van der Waals surface area contributed by atoms with Crippen LogP contribution in [0.15, 0.2) is 29.6 Å². The van der Waals surface area contributed by atoms with Crippen molar-refractivity contribution < 1.29 is 9.53 Å². The van der Waals surface area contributed by atoms with Crippen molar-refractivity contribution in [3.8, 4) is 0 Å². The van der Waals surface area contributed by atoms with Crippen molar-refractivity contribution in [3.63, 3.8) is 0 Å². The van der Waals surface area contributed by atoms with Crippen LogP contribution in [0.2, 0.25) is 5.02 Å². The summed E-state index contributed by atoms with van der Waals surface area (Å²) in [6.07, 6.45) is 0. The summed E-state index contributed by atoms with van der Waals surface area (Å²) in [5, 5.41) is 6.21. The summed E-state index contributed by atoms with van der Waals surface area (Å²) in [7, 11) is 0. The molecule has 0 unspecified atom stereocenters. The fourth-order valence-corrected chi connectivity index (χ4v) is 2.37. The maximum absolute atomic E-state index is 11.5. The minimum absolute atomic E-state index is 0.334. The van der Waals surface area contributed by atoms with E-state index in [1.807, 2.05) is 24.3 Å². The van der Waals surface area contributed by atoms with E-state index in [4.69, 9.17) is 16.3 Å². The molecule has 0 atom stereocenters. The second-order valence-corrected chi connectivity index (χ2v) is 5.04. The van der Waals surface area contributed by atoms with Gasteiger partial charge in [0.2, 0.25) is 0 Å². The lowest BCUT2D eigenvalue weighted by molar-refractivity contribution is 0.0520. The van der Waals surface area contributed by atoms with Gasteiger partial charge in [0.15, 0.2) is 10.8 Å². The molecule has 2 rings (SSSR count). The van der Waals surface area contributed by atoms with Gasteiger partial charge in [-0.15, -0.1) is 11.3 Å². The zero-order chi connectivity index (χ0) is 13.7. The summed E-state index contributed by atoms with van der Waals surface area (Å²) in [5.74, 6) is -0.394. The highest BCUT2D eigenvalue weighted by molar-refractivity contribution is 7.13. The number of rotatable bonds is 5. The van der Waals surface area contributed by atoms with Gasteiger partial charge in [-0.2, -0.15) is 0 Å². The van der Waals surface area contributed by atoms with E-state index in [0.717, 1.165) is 5.56 Å². The number of esters is 1. The van der Waals surface area contributed by atoms with Crippen LogP contribution in [0.3, 0.4) is 0 Å². The van der Waals surface area contributed by atoms with Crippen LogP contribution in [0, 0.1) is 0 Å². The lowest BCUT2D eigenvalue weighted by Gasteiger charge is -2.03. The zero-order valence-corrected chi connectivity index (χ0v) is 11.9. The molecule has 0 amide bonds. The number of anilines is 1. The number of carbonyl (C=O) groups excluding carboxylic acids is 1. The second kappa shape index (κ2) is 6.54. The van der Waals surface area contributed by atoms with Gasteiger partial charge >= 0.3 is 5.97 Å². The first-order chi connectivity index (χ1) is 9.19. The number of thiazole rings is 1. The van der Waals surface area contributed by atoms with Gasteiger partial charge in [0.05, 0.1) is 6.61 Å². The smallest absolute Gasteiger partial charge is 0.357 e. The maximum Gasteiger partial charge on any atom is 0.357 e. The third kappa shape index (κ3) is 3.94. The van der Waals surface area contributed by atoms with Crippen LogP contribution in [-0.4, -0.2) is 17.6 Å². The van der Waals surface area contributed by atoms with Crippen molar-refractivity contribution in [3.05, 3.63) is 45.9 Å². The quantitative estimate of drug-likeness (QED) is 0.857. The lowest BCUT2D eigenvalue weighted by Crippen LogP contribution is -2.05. The SMILES string of the molecule is CCOC(=O)c1csc(NCc2cccc(Cl)c2)n1. The van der Waals surface area contributed by atoms with Crippen LogP contribution >= 0.6 is 22.9 Å². The highest BCUT2D eigenvalue weighted by Gasteiger charge is 2.11. The Labute approximate surface area is 120 Å². The molecule has 0 fully saturated rings. The van der Waals surface area contributed by atoms with Crippen LogP contribution < -0.4 is 5.32 Å². The van der Waals surface area contributed by atoms with Gasteiger partial charge in [-0.3, -0.25) is 0 Å². The topological polar surface area (TPSA) is 51.2 Å². The number of nitrogens with zero attached hydrogens (tertiary/aromatic N) is 1. The van der Waals surface area contributed by atoms with E-state index < -0.39 is 5.97 Å². The van der Waals surface area contributed by atoms with E-state index in [2.05, 4.69) is 10.3 Å². The van der Waals surface area contributed by atoms with Gasteiger partial charge in [0.1, 0.15) is 0 Å². The maximum atomic E-state index is 11.5. The predicted octanol–water partition coefficient (Wildman–Crippen LogP) is 3.59. The minimum atomic E-state index is -0.394. The van der Waals surface area contributed by atoms with Gasteiger partial charge in [-0.25, -0.2) is 9.78 Å². The van der Waals surface area contributed by atoms with Crippen molar-refractivity contribution in [2.75, 3.05) is 11.9 Å². The minimum Gasteiger partial charge on any atom is -0.461 e. The van der Waals surface area contributed by atoms with Gasteiger partial charge in [0.25, 0.3) is 0 Å². The Morgan fingerprint density at radius 3 is 3.11 bits per heavy atom. The molecule has 0 saturated carbocycles. The molecule has 6 heteroatoms. The van der Waals surface area contributed by atoms with Gasteiger partial charge < -0.3 is 10.1 Å². The molecule has 0 bridgehead atoms. The van der Waals surface area contributed by atoms with E-state index in [-0.39, 0.29) is 0 Å². The number of nitrogens with one attached hydrogen (secondary N) is 1. The Bertz CT molecular complexity index is 571. The summed E-state index contributed by atoms with van der Waals surface area (Å²) in [6.45, 7) is 2.72. The molecule has 1 heterocycles. The molecule has 1 N–H and O–H groups in total. The summed E-state index contributed by atoms with van der Waals surface area (Å²) in [6, 6.07) is 7.58. The summed E-state index contributed by atoms with van der Waals surface area (Å²) >= 11 is 7.28. The number of hydrogen-bond donors (Lipinski definition) is 1. The Kier molecular flexibility index (Phi) is 4.76. The molecular formula is C13H13ClN2O2S. The molecule has 0 aliphatic carbocycles. The third-order valence-electron chi connectivity index (χ3n) is 2.32. The number of halogens is 1. The van der Waals surface area contributed by atoms with Crippen molar-refractivity contribution in [2.24, 2.45) is 0 Å². The molecule has 0 saturated heterocycles. The fraction of sp³-hybridized carbons (Fsp3) is 0.231. The molecule has 1 aromatic carbocycles. The Hall–Kier alpha value is -1.59. The first-order valence-electron chi connectivity index (χ1n) is 5.80. The van der Waals surface area contributed by atoms with Gasteiger partial charge in [0, 0.05) is 16.9 Å². The van der Waals surface area contributed by atoms with E-state index in [1.165, 1.54) is 11.3 Å². The lowest BCUT2D eigenvalue weighted by atomic mass is 10.2. The molecule has 0 aliphatic rings. The molecule has 0 radical (unpaired) electrons. The highest BCUT2D eigenvalue weighted by Crippen LogP contribution is 2.18. The number of aromatic nitrogens is 1. The largest absolute Gasteiger partial charge is 0.461 e. The Morgan fingerprint density at radius 2 is 2.37 bits per heavy atom. The molecule has 100 valence electrons. The summed E-state index contributed by atoms with van der Waals surface area (Å²) in [5.41, 5.74) is 1.39. The first-order valence-corrected chi connectivity index (χ1v) is 7.05. The van der Waals surface area contributed by atoms with Crippen LogP contribution in [-0.2, 0) is 11.3 Å². The predicted molar refractivity (Wildman–Crippen MR) is 76.8 cm³/mol. The molecule has 0 spiro atoms. The molecule has 0 aliphatic heterocycles. The van der Waals surface area contributed by atoms with Crippen LogP contribution in [0.1, 0.15) is 23.0 Å². The van der Waals surface area contributed by atoms with Gasteiger partial charge in [-0.05, 0) is 24.6 Å². The standard InChI is InChI=1S/C13H13ClN2O2S/c1-2-18-12(17)11-8-19-13(16-11)15-7-9-4-3-5-10(14)6-9/h3-6,8H,2,7H2,1H3,(H,15,16). The number of carbonyl (C=O) groups is 1. The van der Waals surface area contributed by atoms with Crippen molar-refractivity contribution in [1.82, 2.24) is 4.98 Å². The number of ether oxygens (including phenoxy) is 1. The van der Waals surface area contributed by atoms with E-state index in [0.29, 0.717) is 29.0 Å². The zero-order valence-electron chi connectivity index (χ0n) is 10.4. The molecule has 19 heavy (non-hydrogen) atoms. The van der Waals surface area contributed by atoms with Gasteiger partial charge in [-0.1, -0.05) is 23.7 Å². The van der Waals surface area contributed by atoms with Crippen molar-refractivity contribution in [1.29, 1.82) is 0 Å². The van der Waals surface area contributed by atoms with Crippen molar-refractivity contribution >= 4 is 34.0 Å². The summed E-state index contributed by atoms with van der Waals surface area (Å²) < 4.78 is 4.88. The van der Waals surface area contributed by atoms with E-state index in [9.17, 15) is 4.79 Å². The molecule has 2 aromatic rings. The second-order valence-electron chi connectivity index (χ2n) is 3.74. The molecule has 4 nitrogen and oxygen atoms in total. The molecular weight excluding hydrogens is 284 g/mol. The monoisotopic (exact) mass is 296 g/mol. The highest BCUT2D eigenvalue weighted by atomic mass is 35.5. The van der Waals surface area contributed by atoms with Crippen molar-refractivity contribution in [2.45, 2.75) is 13.5 Å². The van der Waals surface area contributed by atoms with Crippen LogP contribution in [0.25, 0.3) is 0 Å². The van der Waals surface area contributed by atoms with E-state index in [1.54, 1.807) is 12.3 Å². The number of hydrogen-bond acceptors (Lipinski definition) is 5. The van der Waals surface area contributed by atoms with Crippen LogP contribution in [0.5, 0.6) is 0 Å². The average molecular weight is 297 g/mol.